The zero-order chi connectivity index (χ0) is 19.4. The Bertz CT molecular complexity index is 1020. The molecule has 136 valence electrons. The molecule has 2 N–H and O–H groups in total. The van der Waals surface area contributed by atoms with Gasteiger partial charge in [0.05, 0.1) is 4.92 Å². The normalized spacial score (nSPS) is 10.3. The summed E-state index contributed by atoms with van der Waals surface area (Å²) in [5.74, 6) is -1.20. The molecule has 1 aromatic heterocycles. The number of nitrogens with zero attached hydrogens (tertiary/aromatic N) is 2. The lowest BCUT2D eigenvalue weighted by Crippen LogP contribution is -2.41. The number of hydrogen-bond acceptors (Lipinski definition) is 6. The zero-order valence-corrected chi connectivity index (χ0v) is 15.1. The second-order valence-corrected chi connectivity index (χ2v) is 6.56. The van der Waals surface area contributed by atoms with E-state index in [9.17, 15) is 19.7 Å². The molecule has 0 spiro atoms. The van der Waals surface area contributed by atoms with Crippen LogP contribution in [0.2, 0.25) is 5.02 Å². The Labute approximate surface area is 161 Å². The molecule has 0 aliphatic rings. The lowest BCUT2D eigenvalue weighted by atomic mass is 10.2. The Kier molecular flexibility index (Phi) is 5.43. The Morgan fingerprint density at radius 2 is 1.78 bits per heavy atom. The van der Waals surface area contributed by atoms with Gasteiger partial charge in [-0.3, -0.25) is 30.6 Å². The molecular formula is C17H11ClN4O4S. The smallest absolute Gasteiger partial charge is 0.267 e. The van der Waals surface area contributed by atoms with Crippen LogP contribution in [0, 0.1) is 10.1 Å². The van der Waals surface area contributed by atoms with Gasteiger partial charge in [0, 0.05) is 33.7 Å². The quantitative estimate of drug-likeness (QED) is 0.512. The molecule has 27 heavy (non-hydrogen) atoms. The number of amides is 2. The Hall–Kier alpha value is -3.30. The number of halogens is 1. The lowest BCUT2D eigenvalue weighted by Gasteiger charge is -2.05. The van der Waals surface area contributed by atoms with E-state index in [1.807, 2.05) is 6.07 Å². The second-order valence-electron chi connectivity index (χ2n) is 5.26. The van der Waals surface area contributed by atoms with Gasteiger partial charge in [0.1, 0.15) is 10.7 Å². The highest BCUT2D eigenvalue weighted by molar-refractivity contribution is 7.13. The second kappa shape index (κ2) is 7.94. The maximum absolute atomic E-state index is 12.1. The first-order valence-electron chi connectivity index (χ1n) is 7.50. The first-order valence-corrected chi connectivity index (χ1v) is 8.76. The van der Waals surface area contributed by atoms with E-state index >= 15 is 0 Å². The van der Waals surface area contributed by atoms with Gasteiger partial charge in [-0.1, -0.05) is 23.7 Å². The van der Waals surface area contributed by atoms with Crippen molar-refractivity contribution in [3.63, 3.8) is 0 Å². The fourth-order valence-corrected chi connectivity index (χ4v) is 3.10. The molecule has 0 aliphatic heterocycles. The molecular weight excluding hydrogens is 392 g/mol. The van der Waals surface area contributed by atoms with Gasteiger partial charge in [-0.15, -0.1) is 11.3 Å². The van der Waals surface area contributed by atoms with Crippen molar-refractivity contribution in [3.8, 4) is 10.6 Å². The SMILES string of the molecule is O=C(NNC(=O)c1csc(-c2cccc(Cl)c2)n1)c1ccc([N+](=O)[O-])cc1. The van der Waals surface area contributed by atoms with Crippen molar-refractivity contribution >= 4 is 40.4 Å². The predicted octanol–water partition coefficient (Wildman–Crippen LogP) is 3.45. The highest BCUT2D eigenvalue weighted by Crippen LogP contribution is 2.25. The number of hydrazine groups is 1. The van der Waals surface area contributed by atoms with Gasteiger partial charge in [0.2, 0.25) is 0 Å². The van der Waals surface area contributed by atoms with Crippen molar-refractivity contribution in [1.29, 1.82) is 0 Å². The molecule has 0 atom stereocenters. The predicted molar refractivity (Wildman–Crippen MR) is 101 cm³/mol. The standard InChI is InChI=1S/C17H11ClN4O4S/c18-12-3-1-2-11(8-12)17-19-14(9-27-17)16(24)21-20-15(23)10-4-6-13(7-5-10)22(25)26/h1-9H,(H,20,23)(H,21,24). The summed E-state index contributed by atoms with van der Waals surface area (Å²) in [7, 11) is 0. The van der Waals surface area contributed by atoms with Crippen molar-refractivity contribution in [2.75, 3.05) is 0 Å². The Morgan fingerprint density at radius 1 is 1.07 bits per heavy atom. The first-order chi connectivity index (χ1) is 12.9. The average molecular weight is 403 g/mol. The molecule has 0 radical (unpaired) electrons. The summed E-state index contributed by atoms with van der Waals surface area (Å²) < 4.78 is 0. The average Bonchev–Trinajstić information content (AvgIpc) is 3.16. The van der Waals surface area contributed by atoms with E-state index in [2.05, 4.69) is 15.8 Å². The largest absolute Gasteiger partial charge is 0.289 e. The van der Waals surface area contributed by atoms with Crippen LogP contribution in [0.25, 0.3) is 10.6 Å². The summed E-state index contributed by atoms with van der Waals surface area (Å²) in [6, 6.07) is 12.1. The van der Waals surface area contributed by atoms with E-state index in [0.29, 0.717) is 10.0 Å². The van der Waals surface area contributed by atoms with Gasteiger partial charge in [0.15, 0.2) is 0 Å². The molecule has 0 fully saturated rings. The Morgan fingerprint density at radius 3 is 2.44 bits per heavy atom. The van der Waals surface area contributed by atoms with Crippen LogP contribution in [0.3, 0.4) is 0 Å². The van der Waals surface area contributed by atoms with E-state index in [0.717, 1.165) is 5.56 Å². The third-order valence-corrected chi connectivity index (χ3v) is 4.56. The number of non-ortho nitro benzene ring substituents is 1. The summed E-state index contributed by atoms with van der Waals surface area (Å²) in [5.41, 5.74) is 5.45. The molecule has 10 heteroatoms. The summed E-state index contributed by atoms with van der Waals surface area (Å²) in [6.07, 6.45) is 0. The topological polar surface area (TPSA) is 114 Å². The highest BCUT2D eigenvalue weighted by Gasteiger charge is 2.14. The number of benzene rings is 2. The fourth-order valence-electron chi connectivity index (χ4n) is 2.12. The van der Waals surface area contributed by atoms with Crippen LogP contribution < -0.4 is 10.9 Å². The maximum Gasteiger partial charge on any atom is 0.289 e. The Balaban J connectivity index is 1.62. The summed E-state index contributed by atoms with van der Waals surface area (Å²) >= 11 is 7.21. The minimum absolute atomic E-state index is 0.133. The number of aromatic nitrogens is 1. The van der Waals surface area contributed by atoms with Crippen molar-refractivity contribution in [1.82, 2.24) is 15.8 Å². The van der Waals surface area contributed by atoms with Crippen LogP contribution in [-0.2, 0) is 0 Å². The van der Waals surface area contributed by atoms with Crippen LogP contribution in [-0.4, -0.2) is 21.7 Å². The highest BCUT2D eigenvalue weighted by atomic mass is 35.5. The van der Waals surface area contributed by atoms with E-state index < -0.39 is 16.7 Å². The number of hydrogen-bond donors (Lipinski definition) is 2. The molecule has 0 saturated carbocycles. The van der Waals surface area contributed by atoms with Crippen LogP contribution in [0.1, 0.15) is 20.8 Å². The third kappa shape index (κ3) is 4.46. The van der Waals surface area contributed by atoms with Gasteiger partial charge in [-0.05, 0) is 24.3 Å². The molecule has 3 rings (SSSR count). The van der Waals surface area contributed by atoms with E-state index in [1.54, 1.807) is 23.6 Å². The summed E-state index contributed by atoms with van der Waals surface area (Å²) in [4.78, 5) is 38.4. The van der Waals surface area contributed by atoms with Gasteiger partial charge in [0.25, 0.3) is 17.5 Å². The molecule has 2 aromatic carbocycles. The summed E-state index contributed by atoms with van der Waals surface area (Å²) in [6.45, 7) is 0. The molecule has 2 amide bonds. The number of rotatable bonds is 4. The minimum atomic E-state index is -0.608. The van der Waals surface area contributed by atoms with Gasteiger partial charge in [-0.25, -0.2) is 4.98 Å². The molecule has 0 bridgehead atoms. The molecule has 0 aliphatic carbocycles. The zero-order valence-electron chi connectivity index (χ0n) is 13.5. The number of nitro benzene ring substituents is 1. The number of carbonyl (C=O) groups is 2. The van der Waals surface area contributed by atoms with Crippen molar-refractivity contribution in [2.24, 2.45) is 0 Å². The van der Waals surface area contributed by atoms with E-state index in [4.69, 9.17) is 11.6 Å². The van der Waals surface area contributed by atoms with Crippen LogP contribution in [0.4, 0.5) is 5.69 Å². The van der Waals surface area contributed by atoms with Crippen molar-refractivity contribution in [2.45, 2.75) is 0 Å². The van der Waals surface area contributed by atoms with Crippen molar-refractivity contribution in [3.05, 3.63) is 80.3 Å². The molecule has 0 saturated heterocycles. The number of thiazole rings is 1. The molecule has 0 unspecified atom stereocenters. The van der Waals surface area contributed by atoms with Gasteiger partial charge in [-0.2, -0.15) is 0 Å². The number of nitro groups is 1. The minimum Gasteiger partial charge on any atom is -0.267 e. The molecule has 1 heterocycles. The van der Waals surface area contributed by atoms with E-state index in [1.165, 1.54) is 35.6 Å². The van der Waals surface area contributed by atoms with Gasteiger partial charge < -0.3 is 0 Å². The van der Waals surface area contributed by atoms with Crippen LogP contribution >= 0.6 is 22.9 Å². The first kappa shape index (κ1) is 18.5. The molecule has 8 nitrogen and oxygen atoms in total. The number of nitrogens with one attached hydrogen (secondary N) is 2. The number of carbonyl (C=O) groups excluding carboxylic acids is 2. The monoisotopic (exact) mass is 402 g/mol. The lowest BCUT2D eigenvalue weighted by molar-refractivity contribution is -0.384. The van der Waals surface area contributed by atoms with Crippen LogP contribution in [0.5, 0.6) is 0 Å². The maximum atomic E-state index is 12.1. The third-order valence-electron chi connectivity index (χ3n) is 3.44. The van der Waals surface area contributed by atoms with Gasteiger partial charge >= 0.3 is 0 Å². The molecule has 3 aromatic rings. The fraction of sp³-hybridized carbons (Fsp3) is 0. The van der Waals surface area contributed by atoms with E-state index in [-0.39, 0.29) is 16.9 Å². The van der Waals surface area contributed by atoms with Crippen LogP contribution in [0.15, 0.2) is 53.9 Å². The van der Waals surface area contributed by atoms with Crippen molar-refractivity contribution < 1.29 is 14.5 Å². The summed E-state index contributed by atoms with van der Waals surface area (Å²) in [5, 5.41) is 13.3.